The molecule has 0 spiro atoms. The highest BCUT2D eigenvalue weighted by Crippen LogP contribution is 2.25. The first kappa shape index (κ1) is 24.0. The third kappa shape index (κ3) is 6.09. The largest absolute Gasteiger partial charge is 0.379 e. The first-order chi connectivity index (χ1) is 17.2. The van der Waals surface area contributed by atoms with Gasteiger partial charge >= 0.3 is 0 Å². The number of benzene rings is 1. The minimum Gasteiger partial charge on any atom is -0.379 e. The highest BCUT2D eigenvalue weighted by atomic mass is 16.5. The molecule has 2 aromatic heterocycles. The Balaban J connectivity index is 1.24. The molecule has 1 aromatic carbocycles. The number of hydrogen-bond acceptors (Lipinski definition) is 8. The first-order valence-corrected chi connectivity index (χ1v) is 13.0. The quantitative estimate of drug-likeness (QED) is 0.485. The Bertz CT molecular complexity index is 1070. The van der Waals surface area contributed by atoms with Crippen LogP contribution < -0.4 is 10.6 Å². The van der Waals surface area contributed by atoms with Gasteiger partial charge in [-0.2, -0.15) is 9.97 Å². The van der Waals surface area contributed by atoms with Crippen molar-refractivity contribution in [3.63, 3.8) is 0 Å². The van der Waals surface area contributed by atoms with Crippen LogP contribution in [0.3, 0.4) is 0 Å². The Kier molecular flexibility index (Phi) is 7.75. The molecule has 9 heteroatoms. The normalized spacial score (nSPS) is 18.4. The number of imidazole rings is 1. The molecule has 2 aliphatic rings. The molecule has 35 heavy (non-hydrogen) atoms. The molecule has 4 heterocycles. The zero-order valence-electron chi connectivity index (χ0n) is 21.0. The van der Waals surface area contributed by atoms with Crippen molar-refractivity contribution in [2.45, 2.75) is 45.3 Å². The molecule has 0 unspecified atom stereocenters. The monoisotopic (exact) mass is 478 g/mol. The predicted octanol–water partition coefficient (Wildman–Crippen LogP) is 3.23. The fourth-order valence-electron chi connectivity index (χ4n) is 4.90. The van der Waals surface area contributed by atoms with E-state index < -0.39 is 0 Å². The lowest BCUT2D eigenvalue weighted by Gasteiger charge is -2.32. The number of rotatable bonds is 9. The van der Waals surface area contributed by atoms with E-state index in [4.69, 9.17) is 14.7 Å². The van der Waals surface area contributed by atoms with Gasteiger partial charge in [-0.15, -0.1) is 0 Å². The fraction of sp³-hybridized carbons (Fsp3) is 0.577. The van der Waals surface area contributed by atoms with Crippen molar-refractivity contribution in [1.29, 1.82) is 0 Å². The van der Waals surface area contributed by atoms with Gasteiger partial charge in [0.25, 0.3) is 0 Å². The SMILES string of the molecule is CC(C)n1cnc2c(NCCN3CCOCC3)nc(NC3CCN(Cc4ccccc4)CC3)nc21. The number of fused-ring (bicyclic) bond motifs is 1. The van der Waals surface area contributed by atoms with Gasteiger partial charge in [0.05, 0.1) is 19.5 Å². The summed E-state index contributed by atoms with van der Waals surface area (Å²) in [6.07, 6.45) is 4.04. The van der Waals surface area contributed by atoms with Crippen molar-refractivity contribution < 1.29 is 4.74 Å². The molecule has 0 bridgehead atoms. The molecule has 0 amide bonds. The van der Waals surface area contributed by atoms with Crippen LogP contribution in [-0.2, 0) is 11.3 Å². The summed E-state index contributed by atoms with van der Waals surface area (Å²) in [5, 5.41) is 7.18. The van der Waals surface area contributed by atoms with E-state index in [1.54, 1.807) is 0 Å². The van der Waals surface area contributed by atoms with Gasteiger partial charge in [-0.3, -0.25) is 9.80 Å². The van der Waals surface area contributed by atoms with Crippen molar-refractivity contribution in [1.82, 2.24) is 29.3 Å². The minimum absolute atomic E-state index is 0.283. The lowest BCUT2D eigenvalue weighted by atomic mass is 10.0. The number of morpholine rings is 1. The molecule has 2 aliphatic heterocycles. The molecule has 0 aliphatic carbocycles. The van der Waals surface area contributed by atoms with Crippen LogP contribution >= 0.6 is 0 Å². The maximum absolute atomic E-state index is 5.46. The van der Waals surface area contributed by atoms with Gasteiger partial charge in [-0.1, -0.05) is 30.3 Å². The Hall–Kier alpha value is -2.75. The second-order valence-electron chi connectivity index (χ2n) is 9.87. The highest BCUT2D eigenvalue weighted by Gasteiger charge is 2.22. The Morgan fingerprint density at radius 1 is 1.00 bits per heavy atom. The third-order valence-electron chi connectivity index (χ3n) is 6.97. The summed E-state index contributed by atoms with van der Waals surface area (Å²) in [7, 11) is 0. The second kappa shape index (κ2) is 11.3. The maximum Gasteiger partial charge on any atom is 0.227 e. The van der Waals surface area contributed by atoms with Crippen molar-refractivity contribution in [2.75, 3.05) is 63.1 Å². The molecule has 2 N–H and O–H groups in total. The van der Waals surface area contributed by atoms with Crippen LogP contribution in [0, 0.1) is 0 Å². The summed E-state index contributed by atoms with van der Waals surface area (Å²) in [4.78, 5) is 19.4. The van der Waals surface area contributed by atoms with E-state index in [2.05, 4.69) is 74.2 Å². The number of piperidine rings is 1. The molecule has 2 saturated heterocycles. The Morgan fingerprint density at radius 2 is 1.77 bits per heavy atom. The zero-order chi connectivity index (χ0) is 24.0. The van der Waals surface area contributed by atoms with E-state index in [-0.39, 0.29) is 6.04 Å². The van der Waals surface area contributed by atoms with Crippen LogP contribution in [0.1, 0.15) is 38.3 Å². The fourth-order valence-corrected chi connectivity index (χ4v) is 4.90. The smallest absolute Gasteiger partial charge is 0.227 e. The van der Waals surface area contributed by atoms with E-state index in [1.807, 2.05) is 6.33 Å². The topological polar surface area (TPSA) is 83.4 Å². The van der Waals surface area contributed by atoms with E-state index in [0.717, 1.165) is 88.9 Å². The Morgan fingerprint density at radius 3 is 2.51 bits per heavy atom. The number of aromatic nitrogens is 4. The molecule has 0 saturated carbocycles. The average Bonchev–Trinajstić information content (AvgIpc) is 3.31. The summed E-state index contributed by atoms with van der Waals surface area (Å²) >= 11 is 0. The molecule has 5 rings (SSSR count). The van der Waals surface area contributed by atoms with Crippen LogP contribution in [0.5, 0.6) is 0 Å². The predicted molar refractivity (Wildman–Crippen MR) is 140 cm³/mol. The van der Waals surface area contributed by atoms with E-state index in [9.17, 15) is 0 Å². The van der Waals surface area contributed by atoms with Gasteiger partial charge in [0.1, 0.15) is 0 Å². The molecular weight excluding hydrogens is 440 g/mol. The van der Waals surface area contributed by atoms with Gasteiger partial charge in [0, 0.05) is 57.9 Å². The number of likely N-dealkylation sites (tertiary alicyclic amines) is 1. The highest BCUT2D eigenvalue weighted by molar-refractivity contribution is 5.84. The summed E-state index contributed by atoms with van der Waals surface area (Å²) in [6.45, 7) is 12.9. The average molecular weight is 479 g/mol. The first-order valence-electron chi connectivity index (χ1n) is 13.0. The minimum atomic E-state index is 0.283. The third-order valence-corrected chi connectivity index (χ3v) is 6.97. The number of anilines is 2. The lowest BCUT2D eigenvalue weighted by molar-refractivity contribution is 0.0398. The summed E-state index contributed by atoms with van der Waals surface area (Å²) < 4.78 is 7.59. The van der Waals surface area contributed by atoms with E-state index >= 15 is 0 Å². The summed E-state index contributed by atoms with van der Waals surface area (Å²) in [6, 6.07) is 11.4. The molecule has 188 valence electrons. The van der Waals surface area contributed by atoms with Crippen molar-refractivity contribution in [2.24, 2.45) is 0 Å². The van der Waals surface area contributed by atoms with Crippen LogP contribution in [0.15, 0.2) is 36.7 Å². The lowest BCUT2D eigenvalue weighted by Crippen LogP contribution is -2.39. The number of nitrogens with one attached hydrogen (secondary N) is 2. The van der Waals surface area contributed by atoms with Crippen LogP contribution in [0.4, 0.5) is 11.8 Å². The number of ether oxygens (including phenoxy) is 1. The van der Waals surface area contributed by atoms with Crippen molar-refractivity contribution in [3.05, 3.63) is 42.2 Å². The molecule has 3 aromatic rings. The zero-order valence-corrected chi connectivity index (χ0v) is 21.0. The van der Waals surface area contributed by atoms with E-state index in [1.165, 1.54) is 5.56 Å². The van der Waals surface area contributed by atoms with Crippen molar-refractivity contribution in [3.8, 4) is 0 Å². The summed E-state index contributed by atoms with van der Waals surface area (Å²) in [5.41, 5.74) is 3.10. The summed E-state index contributed by atoms with van der Waals surface area (Å²) in [5.74, 6) is 1.50. The standard InChI is InChI=1S/C26H38N8O/c1-20(2)34-19-28-23-24(27-10-13-32-14-16-35-17-15-32)30-26(31-25(23)34)29-22-8-11-33(12-9-22)18-21-6-4-3-5-7-21/h3-7,19-20,22H,8-18H2,1-2H3,(H2,27,29,30,31). The van der Waals surface area contributed by atoms with Gasteiger partial charge in [-0.25, -0.2) is 4.98 Å². The van der Waals surface area contributed by atoms with Gasteiger partial charge in [-0.05, 0) is 32.3 Å². The van der Waals surface area contributed by atoms with Gasteiger partial charge in [0.15, 0.2) is 17.0 Å². The maximum atomic E-state index is 5.46. The number of hydrogen-bond donors (Lipinski definition) is 2. The molecule has 9 nitrogen and oxygen atoms in total. The van der Waals surface area contributed by atoms with Gasteiger partial charge < -0.3 is 19.9 Å². The van der Waals surface area contributed by atoms with Crippen LogP contribution in [-0.4, -0.2) is 87.8 Å². The molecule has 0 atom stereocenters. The molecule has 0 radical (unpaired) electrons. The number of nitrogens with zero attached hydrogens (tertiary/aromatic N) is 6. The van der Waals surface area contributed by atoms with Crippen LogP contribution in [0.25, 0.3) is 11.2 Å². The molecule has 2 fully saturated rings. The molecular formula is C26H38N8O. The van der Waals surface area contributed by atoms with Gasteiger partial charge in [0.2, 0.25) is 5.95 Å². The van der Waals surface area contributed by atoms with Crippen molar-refractivity contribution >= 4 is 22.9 Å². The second-order valence-corrected chi connectivity index (χ2v) is 9.87. The van der Waals surface area contributed by atoms with Crippen LogP contribution in [0.2, 0.25) is 0 Å². The van der Waals surface area contributed by atoms with E-state index in [0.29, 0.717) is 12.0 Å². The Labute approximate surface area is 207 Å².